The second-order valence-electron chi connectivity index (χ2n) is 3.21. The smallest absolute Gasteiger partial charge is 0.191 e. The van der Waals surface area contributed by atoms with Crippen LogP contribution in [0.4, 0.5) is 0 Å². The van der Waals surface area contributed by atoms with Crippen molar-refractivity contribution in [2.24, 2.45) is 4.99 Å². The van der Waals surface area contributed by atoms with Crippen molar-refractivity contribution in [1.29, 1.82) is 0 Å². The second kappa shape index (κ2) is 12.4. The Balaban J connectivity index is 0. The van der Waals surface area contributed by atoms with Gasteiger partial charge in [-0.3, -0.25) is 4.99 Å². The van der Waals surface area contributed by atoms with E-state index in [9.17, 15) is 0 Å². The fraction of sp³-hybridized carbons (Fsp3) is 0.900. The van der Waals surface area contributed by atoms with E-state index in [1.807, 2.05) is 11.8 Å². The van der Waals surface area contributed by atoms with Gasteiger partial charge in [0.05, 0.1) is 6.54 Å². The summed E-state index contributed by atoms with van der Waals surface area (Å²) in [4.78, 5) is 4.46. The first-order valence-corrected chi connectivity index (χ1v) is 6.67. The van der Waals surface area contributed by atoms with Crippen LogP contribution in [0.5, 0.6) is 0 Å². The van der Waals surface area contributed by atoms with Gasteiger partial charge < -0.3 is 10.6 Å². The van der Waals surface area contributed by atoms with Crippen LogP contribution >= 0.6 is 35.7 Å². The van der Waals surface area contributed by atoms with E-state index in [0.717, 1.165) is 31.2 Å². The molecule has 3 nitrogen and oxygen atoms in total. The van der Waals surface area contributed by atoms with Crippen LogP contribution in [0.3, 0.4) is 0 Å². The van der Waals surface area contributed by atoms with Gasteiger partial charge in [-0.05, 0) is 26.5 Å². The van der Waals surface area contributed by atoms with Gasteiger partial charge in [-0.15, -0.1) is 24.0 Å². The minimum Gasteiger partial charge on any atom is -0.357 e. The lowest BCUT2D eigenvalue weighted by molar-refractivity contribution is 0.625. The summed E-state index contributed by atoms with van der Waals surface area (Å²) in [7, 11) is 0. The zero-order valence-electron chi connectivity index (χ0n) is 10.2. The lowest BCUT2D eigenvalue weighted by Crippen LogP contribution is -2.42. The van der Waals surface area contributed by atoms with Gasteiger partial charge in [-0.25, -0.2) is 0 Å². The van der Waals surface area contributed by atoms with Crippen LogP contribution in [-0.2, 0) is 0 Å². The fourth-order valence-corrected chi connectivity index (χ4v) is 1.18. The zero-order chi connectivity index (χ0) is 10.8. The predicted octanol–water partition coefficient (Wildman–Crippen LogP) is 2.32. The lowest BCUT2D eigenvalue weighted by Gasteiger charge is -2.15. The fourth-order valence-electron chi connectivity index (χ4n) is 0.904. The highest BCUT2D eigenvalue weighted by atomic mass is 127. The highest BCUT2D eigenvalue weighted by Crippen LogP contribution is 1.91. The lowest BCUT2D eigenvalue weighted by atomic mass is 10.3. The minimum atomic E-state index is 0. The van der Waals surface area contributed by atoms with Crippen molar-refractivity contribution >= 4 is 41.7 Å². The molecule has 1 atom stereocenters. The van der Waals surface area contributed by atoms with Crippen LogP contribution in [-0.4, -0.2) is 37.1 Å². The maximum atomic E-state index is 4.46. The molecule has 0 fully saturated rings. The third-order valence-corrected chi connectivity index (χ3v) is 2.50. The molecule has 2 N–H and O–H groups in total. The number of thioether (sulfide) groups is 1. The Hall–Kier alpha value is 0.350. The predicted molar refractivity (Wildman–Crippen MR) is 82.7 cm³/mol. The SMILES string of the molecule is CCNC(=NCCSC)NC(C)CC.I. The number of aliphatic imine (C=N–C) groups is 1. The molecule has 15 heavy (non-hydrogen) atoms. The Labute approximate surface area is 115 Å². The van der Waals surface area contributed by atoms with Crippen molar-refractivity contribution in [1.82, 2.24) is 10.6 Å². The van der Waals surface area contributed by atoms with E-state index in [1.54, 1.807) is 0 Å². The number of rotatable bonds is 6. The van der Waals surface area contributed by atoms with Crippen LogP contribution in [0.15, 0.2) is 4.99 Å². The molecule has 0 heterocycles. The van der Waals surface area contributed by atoms with Crippen molar-refractivity contribution in [2.45, 2.75) is 33.2 Å². The van der Waals surface area contributed by atoms with Crippen molar-refractivity contribution in [3.63, 3.8) is 0 Å². The molecule has 0 aromatic carbocycles. The van der Waals surface area contributed by atoms with E-state index in [0.29, 0.717) is 6.04 Å². The Morgan fingerprint density at radius 3 is 2.53 bits per heavy atom. The van der Waals surface area contributed by atoms with Crippen LogP contribution in [0.25, 0.3) is 0 Å². The Morgan fingerprint density at radius 2 is 2.07 bits per heavy atom. The molecule has 0 spiro atoms. The number of halogens is 1. The van der Waals surface area contributed by atoms with Crippen LogP contribution in [0.1, 0.15) is 27.2 Å². The molecule has 0 aromatic heterocycles. The number of guanidine groups is 1. The van der Waals surface area contributed by atoms with Gasteiger partial charge in [-0.2, -0.15) is 11.8 Å². The Morgan fingerprint density at radius 1 is 1.40 bits per heavy atom. The van der Waals surface area contributed by atoms with Gasteiger partial charge >= 0.3 is 0 Å². The first kappa shape index (κ1) is 17.7. The largest absolute Gasteiger partial charge is 0.357 e. The number of nitrogens with zero attached hydrogens (tertiary/aromatic N) is 1. The molecule has 0 saturated heterocycles. The number of nitrogens with one attached hydrogen (secondary N) is 2. The molecule has 0 aliphatic rings. The van der Waals surface area contributed by atoms with Gasteiger partial charge in [0.1, 0.15) is 0 Å². The topological polar surface area (TPSA) is 36.4 Å². The van der Waals surface area contributed by atoms with Gasteiger partial charge in [0.15, 0.2) is 5.96 Å². The second-order valence-corrected chi connectivity index (χ2v) is 4.19. The summed E-state index contributed by atoms with van der Waals surface area (Å²) in [5.74, 6) is 2.02. The highest BCUT2D eigenvalue weighted by Gasteiger charge is 2.01. The van der Waals surface area contributed by atoms with Crippen molar-refractivity contribution in [3.05, 3.63) is 0 Å². The van der Waals surface area contributed by atoms with Crippen molar-refractivity contribution in [3.8, 4) is 0 Å². The summed E-state index contributed by atoms with van der Waals surface area (Å²) in [5, 5.41) is 6.59. The number of hydrogen-bond donors (Lipinski definition) is 2. The summed E-state index contributed by atoms with van der Waals surface area (Å²) in [6, 6.07) is 0.488. The summed E-state index contributed by atoms with van der Waals surface area (Å²) >= 11 is 1.82. The maximum Gasteiger partial charge on any atom is 0.191 e. The molecule has 0 aliphatic heterocycles. The minimum absolute atomic E-state index is 0. The molecule has 0 saturated carbocycles. The Bertz CT molecular complexity index is 165. The van der Waals surface area contributed by atoms with E-state index in [-0.39, 0.29) is 24.0 Å². The van der Waals surface area contributed by atoms with Crippen LogP contribution in [0, 0.1) is 0 Å². The standard InChI is InChI=1S/C10H23N3S.HI/c1-5-9(3)13-10(11-6-2)12-7-8-14-4;/h9H,5-8H2,1-4H3,(H2,11,12,13);1H. The Kier molecular flexibility index (Phi) is 14.7. The molecule has 0 aromatic rings. The van der Waals surface area contributed by atoms with Crippen molar-refractivity contribution < 1.29 is 0 Å². The molecule has 0 amide bonds. The molecule has 92 valence electrons. The van der Waals surface area contributed by atoms with Crippen LogP contribution < -0.4 is 10.6 Å². The van der Waals surface area contributed by atoms with Crippen molar-refractivity contribution in [2.75, 3.05) is 25.1 Å². The maximum absolute atomic E-state index is 4.46. The van der Waals surface area contributed by atoms with E-state index in [4.69, 9.17) is 0 Å². The molecule has 0 bridgehead atoms. The molecule has 0 rings (SSSR count). The average Bonchev–Trinajstić information content (AvgIpc) is 2.18. The van der Waals surface area contributed by atoms with Gasteiger partial charge in [0.2, 0.25) is 0 Å². The van der Waals surface area contributed by atoms with Gasteiger partial charge in [0, 0.05) is 18.3 Å². The number of hydrogen-bond acceptors (Lipinski definition) is 2. The van der Waals surface area contributed by atoms with Gasteiger partial charge in [-0.1, -0.05) is 6.92 Å². The van der Waals surface area contributed by atoms with E-state index in [2.05, 4.69) is 42.7 Å². The molecule has 5 heteroatoms. The monoisotopic (exact) mass is 345 g/mol. The molecule has 1 unspecified atom stereocenters. The van der Waals surface area contributed by atoms with Crippen LogP contribution in [0.2, 0.25) is 0 Å². The normalized spacial score (nSPS) is 12.9. The third-order valence-electron chi connectivity index (χ3n) is 1.91. The summed E-state index contributed by atoms with van der Waals surface area (Å²) in [6.45, 7) is 8.22. The molecule has 0 radical (unpaired) electrons. The van der Waals surface area contributed by atoms with E-state index >= 15 is 0 Å². The average molecular weight is 345 g/mol. The molecule has 0 aliphatic carbocycles. The first-order valence-electron chi connectivity index (χ1n) is 5.28. The first-order chi connectivity index (χ1) is 6.74. The summed E-state index contributed by atoms with van der Waals surface area (Å²) in [6.07, 6.45) is 3.22. The highest BCUT2D eigenvalue weighted by molar-refractivity contribution is 14.0. The summed E-state index contributed by atoms with van der Waals surface area (Å²) < 4.78 is 0. The van der Waals surface area contributed by atoms with E-state index < -0.39 is 0 Å². The summed E-state index contributed by atoms with van der Waals surface area (Å²) in [5.41, 5.74) is 0. The third kappa shape index (κ3) is 10.6. The molecular formula is C10H24IN3S. The zero-order valence-corrected chi connectivity index (χ0v) is 13.3. The molecular weight excluding hydrogens is 321 g/mol. The van der Waals surface area contributed by atoms with E-state index in [1.165, 1.54) is 0 Å². The quantitative estimate of drug-likeness (QED) is 0.336. The van der Waals surface area contributed by atoms with Gasteiger partial charge in [0.25, 0.3) is 0 Å².